The Balaban J connectivity index is 0.00000102. The van der Waals surface area contributed by atoms with Gasteiger partial charge in [-0.15, -0.1) is 0 Å². The van der Waals surface area contributed by atoms with Gasteiger partial charge in [0.05, 0.1) is 6.61 Å². The fourth-order valence-electron chi connectivity index (χ4n) is 3.70. The van der Waals surface area contributed by atoms with Gasteiger partial charge in [0, 0.05) is 29.2 Å². The van der Waals surface area contributed by atoms with Gasteiger partial charge in [0.1, 0.15) is 11.5 Å². The van der Waals surface area contributed by atoms with E-state index in [4.69, 9.17) is 10.5 Å². The van der Waals surface area contributed by atoms with Crippen molar-refractivity contribution in [3.05, 3.63) is 89.0 Å². The maximum atomic E-state index is 9.80. The highest BCUT2D eigenvalue weighted by Gasteiger charge is 2.33. The molecule has 1 aliphatic rings. The van der Waals surface area contributed by atoms with Crippen molar-refractivity contribution in [2.45, 2.75) is 32.6 Å². The summed E-state index contributed by atoms with van der Waals surface area (Å²) in [7, 11) is 0. The maximum absolute atomic E-state index is 9.80. The zero-order chi connectivity index (χ0) is 19.4. The van der Waals surface area contributed by atoms with Gasteiger partial charge < -0.3 is 15.6 Å². The summed E-state index contributed by atoms with van der Waals surface area (Å²) in [4.78, 5) is 0. The summed E-state index contributed by atoms with van der Waals surface area (Å²) >= 11 is 0. The third-order valence-electron chi connectivity index (χ3n) is 4.92. The lowest BCUT2D eigenvalue weighted by atomic mass is 9.75. The lowest BCUT2D eigenvalue weighted by molar-refractivity contribution is 0.248. The topological polar surface area (TPSA) is 55.5 Å². The van der Waals surface area contributed by atoms with Crippen LogP contribution < -0.4 is 10.5 Å². The first-order valence-electron chi connectivity index (χ1n) is 9.49. The van der Waals surface area contributed by atoms with Crippen LogP contribution in [-0.2, 0) is 0 Å². The van der Waals surface area contributed by atoms with Crippen molar-refractivity contribution in [1.29, 1.82) is 0 Å². The van der Waals surface area contributed by atoms with Crippen LogP contribution in [0, 0.1) is 6.92 Å². The predicted octanol–water partition coefficient (Wildman–Crippen LogP) is 5.62. The van der Waals surface area contributed by atoms with Crippen LogP contribution in [0.2, 0.25) is 0 Å². The number of anilines is 1. The van der Waals surface area contributed by atoms with Gasteiger partial charge in [-0.1, -0.05) is 61.9 Å². The molecule has 2 unspecified atom stereocenters. The van der Waals surface area contributed by atoms with Crippen LogP contribution in [-0.4, -0.2) is 11.7 Å². The molecule has 0 saturated heterocycles. The largest absolute Gasteiger partial charge is 0.508 e. The van der Waals surface area contributed by atoms with Crippen LogP contribution >= 0.6 is 0 Å². The van der Waals surface area contributed by atoms with Gasteiger partial charge in [-0.25, -0.2) is 0 Å². The lowest BCUT2D eigenvalue weighted by Gasteiger charge is -2.34. The number of hydrogen-bond acceptors (Lipinski definition) is 3. The molecule has 1 aliphatic heterocycles. The van der Waals surface area contributed by atoms with E-state index in [1.165, 1.54) is 16.7 Å². The van der Waals surface area contributed by atoms with Gasteiger partial charge in [-0.05, 0) is 36.2 Å². The van der Waals surface area contributed by atoms with E-state index < -0.39 is 0 Å². The quantitative estimate of drug-likeness (QED) is 0.583. The van der Waals surface area contributed by atoms with Crippen molar-refractivity contribution < 1.29 is 9.84 Å². The van der Waals surface area contributed by atoms with E-state index in [0.717, 1.165) is 17.0 Å². The molecule has 3 heteroatoms. The van der Waals surface area contributed by atoms with Crippen molar-refractivity contribution in [1.82, 2.24) is 0 Å². The first-order chi connectivity index (χ1) is 13.1. The molecule has 0 fully saturated rings. The number of benzene rings is 3. The molecule has 3 aromatic rings. The minimum atomic E-state index is 0.159. The van der Waals surface area contributed by atoms with Gasteiger partial charge >= 0.3 is 0 Å². The zero-order valence-electron chi connectivity index (χ0n) is 16.1. The Morgan fingerprint density at radius 2 is 1.67 bits per heavy atom. The fourth-order valence-corrected chi connectivity index (χ4v) is 3.70. The highest BCUT2D eigenvalue weighted by atomic mass is 16.5. The summed E-state index contributed by atoms with van der Waals surface area (Å²) in [6, 6.07) is 22.0. The Morgan fingerprint density at radius 3 is 2.37 bits per heavy atom. The minimum absolute atomic E-state index is 0.159. The van der Waals surface area contributed by atoms with Gasteiger partial charge in [0.25, 0.3) is 0 Å². The summed E-state index contributed by atoms with van der Waals surface area (Å²) < 4.78 is 6.00. The number of aromatic hydroxyl groups is 1. The highest BCUT2D eigenvalue weighted by molar-refractivity contribution is 5.52. The molecule has 0 saturated carbocycles. The summed E-state index contributed by atoms with van der Waals surface area (Å²) in [5, 5.41) is 9.80. The van der Waals surface area contributed by atoms with Crippen molar-refractivity contribution >= 4 is 5.69 Å². The molecule has 0 aliphatic carbocycles. The van der Waals surface area contributed by atoms with Gasteiger partial charge in [0.2, 0.25) is 0 Å². The molecule has 4 rings (SSSR count). The van der Waals surface area contributed by atoms with E-state index in [-0.39, 0.29) is 17.6 Å². The van der Waals surface area contributed by atoms with Crippen molar-refractivity contribution in [3.8, 4) is 11.5 Å². The summed E-state index contributed by atoms with van der Waals surface area (Å²) in [5.41, 5.74) is 11.4. The molecular weight excluding hydrogens is 334 g/mol. The Labute approximate surface area is 161 Å². The second-order valence-corrected chi connectivity index (χ2v) is 6.70. The van der Waals surface area contributed by atoms with E-state index in [2.05, 4.69) is 43.3 Å². The average Bonchev–Trinajstić information content (AvgIpc) is 2.69. The number of nitrogens with two attached hydrogens (primary N) is 1. The van der Waals surface area contributed by atoms with E-state index in [1.54, 1.807) is 12.1 Å². The second-order valence-electron chi connectivity index (χ2n) is 6.70. The van der Waals surface area contributed by atoms with Crippen LogP contribution in [0.4, 0.5) is 5.69 Å². The summed E-state index contributed by atoms with van der Waals surface area (Å²) in [6.45, 7) is 6.69. The molecule has 2 atom stereocenters. The predicted molar refractivity (Wildman–Crippen MR) is 112 cm³/mol. The summed E-state index contributed by atoms with van der Waals surface area (Å²) in [5.74, 6) is 1.35. The zero-order valence-corrected chi connectivity index (χ0v) is 16.1. The Morgan fingerprint density at radius 1 is 0.926 bits per heavy atom. The maximum Gasteiger partial charge on any atom is 0.126 e. The van der Waals surface area contributed by atoms with E-state index in [9.17, 15) is 5.11 Å². The molecule has 1 heterocycles. The Hall–Kier alpha value is -2.94. The van der Waals surface area contributed by atoms with Crippen LogP contribution in [0.1, 0.15) is 47.9 Å². The third kappa shape index (κ3) is 3.92. The fraction of sp³-hybridized carbons (Fsp3) is 0.250. The second kappa shape index (κ2) is 8.17. The number of rotatable bonds is 2. The number of phenolic OH excluding ortho intramolecular Hbond substituents is 1. The van der Waals surface area contributed by atoms with E-state index >= 15 is 0 Å². The number of hydrogen-bond donors (Lipinski definition) is 2. The molecule has 0 aromatic heterocycles. The molecule has 0 radical (unpaired) electrons. The number of nitrogen functional groups attached to an aromatic ring is 1. The Kier molecular flexibility index (Phi) is 5.70. The molecular formula is C24H27NO2. The van der Waals surface area contributed by atoms with Crippen LogP contribution in [0.25, 0.3) is 0 Å². The molecule has 0 spiro atoms. The van der Waals surface area contributed by atoms with Crippen molar-refractivity contribution in [2.24, 2.45) is 0 Å². The van der Waals surface area contributed by atoms with Gasteiger partial charge in [0.15, 0.2) is 0 Å². The molecule has 0 amide bonds. The van der Waals surface area contributed by atoms with E-state index in [1.807, 2.05) is 32.0 Å². The van der Waals surface area contributed by atoms with Gasteiger partial charge in [-0.2, -0.15) is 0 Å². The molecule has 27 heavy (non-hydrogen) atoms. The SMILES string of the molecule is CC.Cc1cccc(C2COc3cc(O)ccc3C2c2ccc(N)cc2)c1. The third-order valence-corrected chi connectivity index (χ3v) is 4.92. The standard InChI is InChI=1S/C22H21NO2.C2H6/c1-14-3-2-4-16(11-14)20-13-25-21-12-18(24)9-10-19(21)22(20)15-5-7-17(23)8-6-15;1-2/h2-12,20,22,24H,13,23H2,1H3;1-2H3. The van der Waals surface area contributed by atoms with Crippen LogP contribution in [0.5, 0.6) is 11.5 Å². The first kappa shape index (κ1) is 18.8. The molecule has 3 nitrogen and oxygen atoms in total. The average molecular weight is 361 g/mol. The van der Waals surface area contributed by atoms with E-state index in [0.29, 0.717) is 6.61 Å². The molecule has 3 N–H and O–H groups in total. The van der Waals surface area contributed by atoms with Crippen LogP contribution in [0.3, 0.4) is 0 Å². The van der Waals surface area contributed by atoms with Crippen LogP contribution in [0.15, 0.2) is 66.7 Å². The van der Waals surface area contributed by atoms with Crippen molar-refractivity contribution in [2.75, 3.05) is 12.3 Å². The Bertz CT molecular complexity index is 903. The number of fused-ring (bicyclic) bond motifs is 1. The monoisotopic (exact) mass is 361 g/mol. The number of phenols is 1. The molecule has 3 aromatic carbocycles. The molecule has 0 bridgehead atoms. The first-order valence-corrected chi connectivity index (χ1v) is 9.49. The van der Waals surface area contributed by atoms with Crippen molar-refractivity contribution in [3.63, 3.8) is 0 Å². The highest BCUT2D eigenvalue weighted by Crippen LogP contribution is 2.47. The van der Waals surface area contributed by atoms with Gasteiger partial charge in [-0.3, -0.25) is 0 Å². The lowest BCUT2D eigenvalue weighted by Crippen LogP contribution is -2.25. The number of aryl methyl sites for hydroxylation is 1. The molecule has 140 valence electrons. The summed E-state index contributed by atoms with van der Waals surface area (Å²) in [6.07, 6.45) is 0. The smallest absolute Gasteiger partial charge is 0.126 e. The number of ether oxygens (including phenoxy) is 1. The normalized spacial score (nSPS) is 17.9. The minimum Gasteiger partial charge on any atom is -0.508 e.